The van der Waals surface area contributed by atoms with Gasteiger partial charge in [-0.2, -0.15) is 5.26 Å². The molecular formula is C25H27Cl3FN5O3. The summed E-state index contributed by atoms with van der Waals surface area (Å²) in [7, 11) is 5.05. The van der Waals surface area contributed by atoms with Crippen LogP contribution < -0.4 is 15.4 Å². The van der Waals surface area contributed by atoms with Gasteiger partial charge in [0.15, 0.2) is 0 Å². The highest BCUT2D eigenvalue weighted by Crippen LogP contribution is 2.36. The molecule has 2 N–H and O–H groups in total. The number of amides is 1. The number of halogens is 4. The lowest BCUT2D eigenvalue weighted by Gasteiger charge is -2.15. The van der Waals surface area contributed by atoms with Crippen LogP contribution in [0.4, 0.5) is 21.5 Å². The minimum absolute atomic E-state index is 0. The number of carbonyl (C=O) groups is 1. The molecule has 0 spiro atoms. The summed E-state index contributed by atoms with van der Waals surface area (Å²) >= 11 is 5.91. The van der Waals surface area contributed by atoms with E-state index in [4.69, 9.17) is 21.1 Å². The van der Waals surface area contributed by atoms with Crippen molar-refractivity contribution in [3.8, 4) is 11.8 Å². The second kappa shape index (κ2) is 15.2. The number of fused-ring (bicyclic) bond motifs is 1. The smallest absolute Gasteiger partial charge is 0.248 e. The molecule has 2 aromatic carbocycles. The summed E-state index contributed by atoms with van der Waals surface area (Å²) in [4.78, 5) is 18.9. The molecule has 0 saturated carbocycles. The Balaban J connectivity index is 0.00000342. The molecule has 3 aromatic rings. The SMILES string of the molecule is COCCN(C)C/C=C/C(=O)Nc1cc2c(Nc3ccc(F)c(Cl)c3)c(C#N)cnc2cc1OC.Cl.Cl. The van der Waals surface area contributed by atoms with Gasteiger partial charge in [0.05, 0.1) is 41.2 Å². The van der Waals surface area contributed by atoms with E-state index in [1.165, 1.54) is 37.6 Å². The molecule has 1 amide bonds. The summed E-state index contributed by atoms with van der Waals surface area (Å²) < 4.78 is 24.1. The van der Waals surface area contributed by atoms with Crippen LogP contribution >= 0.6 is 36.4 Å². The molecule has 0 saturated heterocycles. The van der Waals surface area contributed by atoms with Crippen LogP contribution in [-0.2, 0) is 9.53 Å². The van der Waals surface area contributed by atoms with Gasteiger partial charge in [-0.1, -0.05) is 17.7 Å². The number of anilines is 3. The fourth-order valence-corrected chi connectivity index (χ4v) is 3.46. The molecule has 0 atom stereocenters. The van der Waals surface area contributed by atoms with Gasteiger partial charge in [-0.15, -0.1) is 24.8 Å². The predicted octanol–water partition coefficient (Wildman–Crippen LogP) is 5.57. The number of benzene rings is 2. The van der Waals surface area contributed by atoms with Gasteiger partial charge in [-0.3, -0.25) is 9.78 Å². The lowest BCUT2D eigenvalue weighted by atomic mass is 10.1. The Morgan fingerprint density at radius 3 is 2.68 bits per heavy atom. The van der Waals surface area contributed by atoms with E-state index in [1.807, 2.05) is 11.9 Å². The maximum Gasteiger partial charge on any atom is 0.248 e. The van der Waals surface area contributed by atoms with Gasteiger partial charge in [-0.25, -0.2) is 4.39 Å². The highest BCUT2D eigenvalue weighted by atomic mass is 35.5. The Morgan fingerprint density at radius 2 is 2.03 bits per heavy atom. The lowest BCUT2D eigenvalue weighted by molar-refractivity contribution is -0.111. The monoisotopic (exact) mass is 569 g/mol. The third-order valence-electron chi connectivity index (χ3n) is 5.12. The third-order valence-corrected chi connectivity index (χ3v) is 5.41. The second-order valence-electron chi connectivity index (χ2n) is 7.63. The van der Waals surface area contributed by atoms with Crippen LogP contribution in [0.2, 0.25) is 5.02 Å². The van der Waals surface area contributed by atoms with Crippen molar-refractivity contribution in [1.29, 1.82) is 5.26 Å². The minimum Gasteiger partial charge on any atom is -0.494 e. The minimum atomic E-state index is -0.551. The molecule has 198 valence electrons. The summed E-state index contributed by atoms with van der Waals surface area (Å²) in [6, 6.07) is 9.60. The number of aromatic nitrogens is 1. The van der Waals surface area contributed by atoms with Crippen LogP contribution in [0.5, 0.6) is 5.75 Å². The van der Waals surface area contributed by atoms with Crippen LogP contribution in [0.1, 0.15) is 5.56 Å². The summed E-state index contributed by atoms with van der Waals surface area (Å²) in [5, 5.41) is 16.1. The number of hydrogen-bond acceptors (Lipinski definition) is 7. The van der Waals surface area contributed by atoms with Gasteiger partial charge < -0.3 is 25.0 Å². The van der Waals surface area contributed by atoms with E-state index < -0.39 is 5.82 Å². The molecule has 0 aliphatic rings. The maximum absolute atomic E-state index is 13.6. The van der Waals surface area contributed by atoms with Crippen LogP contribution in [0.25, 0.3) is 10.9 Å². The van der Waals surface area contributed by atoms with Crippen molar-refractivity contribution in [2.75, 3.05) is 51.6 Å². The molecule has 0 radical (unpaired) electrons. The van der Waals surface area contributed by atoms with Crippen molar-refractivity contribution >= 4 is 70.3 Å². The molecule has 12 heteroatoms. The molecule has 1 aromatic heterocycles. The number of nitrogens with one attached hydrogen (secondary N) is 2. The predicted molar refractivity (Wildman–Crippen MR) is 149 cm³/mol. The van der Waals surface area contributed by atoms with Gasteiger partial charge in [0.2, 0.25) is 5.91 Å². The van der Waals surface area contributed by atoms with Gasteiger partial charge in [0.1, 0.15) is 17.6 Å². The zero-order valence-corrected chi connectivity index (χ0v) is 22.8. The number of hydrogen-bond donors (Lipinski definition) is 2. The molecule has 0 bridgehead atoms. The zero-order valence-electron chi connectivity index (χ0n) is 20.4. The highest BCUT2D eigenvalue weighted by Gasteiger charge is 2.15. The first kappa shape index (κ1) is 31.9. The number of carbonyl (C=O) groups excluding carboxylic acids is 1. The molecule has 0 fully saturated rings. The van der Waals surface area contributed by atoms with Crippen LogP contribution in [0.3, 0.4) is 0 Å². The summed E-state index contributed by atoms with van der Waals surface area (Å²) in [6.07, 6.45) is 4.62. The average Bonchev–Trinajstić information content (AvgIpc) is 2.84. The lowest BCUT2D eigenvalue weighted by Crippen LogP contribution is -2.23. The van der Waals surface area contributed by atoms with Crippen LogP contribution in [0, 0.1) is 17.1 Å². The molecule has 0 aliphatic heterocycles. The van der Waals surface area contributed by atoms with Crippen molar-refractivity contribution in [3.05, 3.63) is 65.1 Å². The van der Waals surface area contributed by atoms with E-state index in [1.54, 1.807) is 25.3 Å². The van der Waals surface area contributed by atoms with Crippen molar-refractivity contribution < 1.29 is 18.7 Å². The van der Waals surface area contributed by atoms with Crippen molar-refractivity contribution in [2.24, 2.45) is 0 Å². The first-order valence-corrected chi connectivity index (χ1v) is 11.0. The summed E-state index contributed by atoms with van der Waals surface area (Å²) in [5.74, 6) is -0.485. The number of likely N-dealkylation sites (N-methyl/N-ethyl adjacent to an activating group) is 1. The Bertz CT molecular complexity index is 1300. The maximum atomic E-state index is 13.6. The van der Waals surface area contributed by atoms with E-state index in [0.717, 1.165) is 6.54 Å². The van der Waals surface area contributed by atoms with E-state index in [-0.39, 0.29) is 41.3 Å². The number of nitriles is 1. The summed E-state index contributed by atoms with van der Waals surface area (Å²) in [6.45, 7) is 1.92. The Hall–Kier alpha value is -3.13. The van der Waals surface area contributed by atoms with E-state index in [2.05, 4.69) is 21.7 Å². The van der Waals surface area contributed by atoms with E-state index in [0.29, 0.717) is 46.9 Å². The normalized spacial score (nSPS) is 10.5. The number of nitrogens with zero attached hydrogens (tertiary/aromatic N) is 3. The first-order chi connectivity index (χ1) is 16.9. The third kappa shape index (κ3) is 8.45. The average molecular weight is 571 g/mol. The first-order valence-electron chi connectivity index (χ1n) is 10.6. The quantitative estimate of drug-likeness (QED) is 0.308. The number of methoxy groups -OCH3 is 2. The van der Waals surface area contributed by atoms with Crippen LogP contribution in [0.15, 0.2) is 48.7 Å². The number of pyridine rings is 1. The Kier molecular flexibility index (Phi) is 13.1. The Labute approximate surface area is 232 Å². The molecule has 3 rings (SSSR count). The Morgan fingerprint density at radius 1 is 1.27 bits per heavy atom. The zero-order chi connectivity index (χ0) is 25.4. The van der Waals surface area contributed by atoms with Crippen molar-refractivity contribution in [3.63, 3.8) is 0 Å². The van der Waals surface area contributed by atoms with Gasteiger partial charge >= 0.3 is 0 Å². The van der Waals surface area contributed by atoms with Gasteiger partial charge in [0, 0.05) is 49.6 Å². The van der Waals surface area contributed by atoms with Gasteiger partial charge in [0.25, 0.3) is 0 Å². The molecule has 0 aliphatic carbocycles. The molecule has 37 heavy (non-hydrogen) atoms. The van der Waals surface area contributed by atoms with Crippen molar-refractivity contribution in [2.45, 2.75) is 0 Å². The van der Waals surface area contributed by atoms with Crippen molar-refractivity contribution in [1.82, 2.24) is 9.88 Å². The molecule has 1 heterocycles. The number of rotatable bonds is 10. The topological polar surface area (TPSA) is 99.5 Å². The fourth-order valence-electron chi connectivity index (χ4n) is 3.28. The van der Waals surface area contributed by atoms with E-state index >= 15 is 0 Å². The molecule has 0 unspecified atom stereocenters. The summed E-state index contributed by atoms with van der Waals surface area (Å²) in [5.41, 5.74) is 2.12. The molecular weight excluding hydrogens is 544 g/mol. The largest absolute Gasteiger partial charge is 0.494 e. The van der Waals surface area contributed by atoms with Crippen LogP contribution in [-0.4, -0.2) is 56.8 Å². The molecule has 8 nitrogen and oxygen atoms in total. The van der Waals surface area contributed by atoms with E-state index in [9.17, 15) is 14.4 Å². The fraction of sp³-hybridized carbons (Fsp3) is 0.240. The standard InChI is InChI=1S/C25H25ClFN5O3.2ClH/c1-32(9-10-34-2)8-4-5-24(33)31-22-12-18-21(13-23(22)35-3)29-15-16(14-28)25(18)30-17-6-7-20(27)19(26)11-17;;/h4-7,11-13,15H,8-10H2,1-3H3,(H,29,30)(H,31,33);2*1H/b5-4+;;. The van der Waals surface area contributed by atoms with Gasteiger partial charge in [-0.05, 0) is 31.3 Å². The second-order valence-corrected chi connectivity index (χ2v) is 8.04. The highest BCUT2D eigenvalue weighted by molar-refractivity contribution is 6.31. The number of ether oxygens (including phenoxy) is 2.